The molecular formula is C19H18O3. The number of ether oxygens (including phenoxy) is 1. The van der Waals surface area contributed by atoms with Crippen molar-refractivity contribution in [3.05, 3.63) is 64.2 Å². The van der Waals surface area contributed by atoms with Crippen LogP contribution in [-0.4, -0.2) is 18.7 Å². The van der Waals surface area contributed by atoms with Crippen LogP contribution in [0.25, 0.3) is 0 Å². The molecular weight excluding hydrogens is 276 g/mol. The van der Waals surface area contributed by atoms with Gasteiger partial charge in [0.2, 0.25) is 0 Å². The number of hydrogen-bond acceptors (Lipinski definition) is 3. The Labute approximate surface area is 129 Å². The zero-order chi connectivity index (χ0) is 15.9. The Morgan fingerprint density at radius 3 is 2.14 bits per heavy atom. The fraction of sp³-hybridized carbons (Fsp3) is 0.263. The lowest BCUT2D eigenvalue weighted by Gasteiger charge is -2.22. The molecule has 22 heavy (non-hydrogen) atoms. The average Bonchev–Trinajstić information content (AvgIpc) is 2.51. The van der Waals surface area contributed by atoms with Gasteiger partial charge in [-0.25, -0.2) is 0 Å². The molecule has 0 saturated heterocycles. The zero-order valence-electron chi connectivity index (χ0n) is 13.0. The van der Waals surface area contributed by atoms with Crippen LogP contribution >= 0.6 is 0 Å². The summed E-state index contributed by atoms with van der Waals surface area (Å²) in [5.74, 6) is 0.736. The molecule has 2 aromatic carbocycles. The molecule has 0 saturated carbocycles. The minimum absolute atomic E-state index is 0.111. The van der Waals surface area contributed by atoms with E-state index in [9.17, 15) is 9.59 Å². The molecule has 0 spiro atoms. The molecule has 1 aliphatic carbocycles. The summed E-state index contributed by atoms with van der Waals surface area (Å²) in [7, 11) is 1.55. The molecule has 0 bridgehead atoms. The monoisotopic (exact) mass is 294 g/mol. The van der Waals surface area contributed by atoms with Crippen LogP contribution in [0.1, 0.15) is 51.3 Å². The number of carbonyl (C=O) groups is 2. The predicted molar refractivity (Wildman–Crippen MR) is 84.8 cm³/mol. The third-order valence-corrected chi connectivity index (χ3v) is 3.96. The second kappa shape index (κ2) is 5.41. The lowest BCUT2D eigenvalue weighted by atomic mass is 9.82. The van der Waals surface area contributed by atoms with Gasteiger partial charge in [-0.15, -0.1) is 0 Å². The van der Waals surface area contributed by atoms with Crippen LogP contribution < -0.4 is 4.74 Å². The predicted octanol–water partition coefficient (Wildman–Crippen LogP) is 3.67. The molecule has 0 aliphatic heterocycles. The van der Waals surface area contributed by atoms with Gasteiger partial charge in [0.05, 0.1) is 12.7 Å². The number of fused-ring (bicyclic) bond motifs is 2. The number of ketones is 2. The molecule has 3 nitrogen and oxygen atoms in total. The van der Waals surface area contributed by atoms with Crippen molar-refractivity contribution >= 4 is 11.6 Å². The molecule has 3 heteroatoms. The van der Waals surface area contributed by atoms with Gasteiger partial charge in [0.15, 0.2) is 11.6 Å². The van der Waals surface area contributed by atoms with Crippen molar-refractivity contribution in [1.29, 1.82) is 0 Å². The van der Waals surface area contributed by atoms with Crippen LogP contribution in [0.4, 0.5) is 0 Å². The van der Waals surface area contributed by atoms with Crippen LogP contribution in [0.5, 0.6) is 5.75 Å². The van der Waals surface area contributed by atoms with E-state index in [1.165, 1.54) is 0 Å². The summed E-state index contributed by atoms with van der Waals surface area (Å²) in [6.07, 6.45) is 0.805. The Bertz CT molecular complexity index is 772. The molecule has 0 atom stereocenters. The van der Waals surface area contributed by atoms with Crippen LogP contribution in [0.15, 0.2) is 36.4 Å². The number of benzene rings is 2. The summed E-state index contributed by atoms with van der Waals surface area (Å²) >= 11 is 0. The van der Waals surface area contributed by atoms with Crippen molar-refractivity contribution in [2.75, 3.05) is 7.11 Å². The van der Waals surface area contributed by atoms with E-state index in [1.54, 1.807) is 37.4 Å². The maximum atomic E-state index is 12.8. The third kappa shape index (κ3) is 2.13. The highest BCUT2D eigenvalue weighted by atomic mass is 16.5. The maximum Gasteiger partial charge on any atom is 0.198 e. The Morgan fingerprint density at radius 1 is 0.909 bits per heavy atom. The van der Waals surface area contributed by atoms with Gasteiger partial charge in [-0.1, -0.05) is 44.2 Å². The molecule has 0 amide bonds. The summed E-state index contributed by atoms with van der Waals surface area (Å²) in [5.41, 5.74) is 2.74. The van der Waals surface area contributed by atoms with E-state index in [1.807, 2.05) is 6.07 Å². The van der Waals surface area contributed by atoms with Crippen molar-refractivity contribution in [3.8, 4) is 5.75 Å². The summed E-state index contributed by atoms with van der Waals surface area (Å²) < 4.78 is 5.51. The van der Waals surface area contributed by atoms with Gasteiger partial charge in [0.25, 0.3) is 0 Å². The van der Waals surface area contributed by atoms with Crippen molar-refractivity contribution in [1.82, 2.24) is 0 Å². The molecule has 0 radical (unpaired) electrons. The molecule has 112 valence electrons. The SMILES string of the molecule is COc1c(CC(C)C)ccc2c1C(=O)c1ccccc1C2=O. The van der Waals surface area contributed by atoms with E-state index >= 15 is 0 Å². The number of carbonyl (C=O) groups excluding carboxylic acids is 2. The largest absolute Gasteiger partial charge is 0.496 e. The van der Waals surface area contributed by atoms with Gasteiger partial charge < -0.3 is 4.74 Å². The van der Waals surface area contributed by atoms with Gasteiger partial charge in [-0.3, -0.25) is 9.59 Å². The summed E-state index contributed by atoms with van der Waals surface area (Å²) in [6, 6.07) is 10.6. The van der Waals surface area contributed by atoms with E-state index in [0.29, 0.717) is 33.9 Å². The molecule has 0 fully saturated rings. The van der Waals surface area contributed by atoms with Crippen LogP contribution in [0, 0.1) is 5.92 Å². The minimum atomic E-state index is -0.132. The number of rotatable bonds is 3. The highest BCUT2D eigenvalue weighted by Crippen LogP contribution is 2.36. The van der Waals surface area contributed by atoms with Crippen LogP contribution in [0.3, 0.4) is 0 Å². The normalized spacial score (nSPS) is 13.1. The second-order valence-electron chi connectivity index (χ2n) is 5.98. The Hall–Kier alpha value is -2.42. The first-order valence-electron chi connectivity index (χ1n) is 7.43. The highest BCUT2D eigenvalue weighted by molar-refractivity contribution is 6.29. The Kier molecular flexibility index (Phi) is 3.57. The smallest absolute Gasteiger partial charge is 0.198 e. The standard InChI is InChI=1S/C19H18O3/c1-11(2)10-12-8-9-15-16(19(12)22-3)18(21)14-7-5-4-6-13(14)17(15)20/h4-9,11H,10H2,1-3H3. The lowest BCUT2D eigenvalue weighted by Crippen LogP contribution is -2.22. The first kappa shape index (κ1) is 14.5. The minimum Gasteiger partial charge on any atom is -0.496 e. The fourth-order valence-corrected chi connectivity index (χ4v) is 3.03. The van der Waals surface area contributed by atoms with Gasteiger partial charge in [-0.05, 0) is 24.0 Å². The van der Waals surface area contributed by atoms with E-state index in [2.05, 4.69) is 13.8 Å². The summed E-state index contributed by atoms with van der Waals surface area (Å²) in [5, 5.41) is 0. The first-order chi connectivity index (χ1) is 10.5. The van der Waals surface area contributed by atoms with E-state index in [-0.39, 0.29) is 11.6 Å². The van der Waals surface area contributed by atoms with Crippen LogP contribution in [-0.2, 0) is 6.42 Å². The van der Waals surface area contributed by atoms with Crippen molar-refractivity contribution in [2.45, 2.75) is 20.3 Å². The number of hydrogen-bond donors (Lipinski definition) is 0. The molecule has 3 rings (SSSR count). The average molecular weight is 294 g/mol. The van der Waals surface area contributed by atoms with E-state index in [4.69, 9.17) is 4.74 Å². The Balaban J connectivity index is 2.24. The lowest BCUT2D eigenvalue weighted by molar-refractivity contribution is 0.0976. The zero-order valence-corrected chi connectivity index (χ0v) is 13.0. The fourth-order valence-electron chi connectivity index (χ4n) is 3.03. The van der Waals surface area contributed by atoms with Gasteiger partial charge in [0, 0.05) is 16.7 Å². The van der Waals surface area contributed by atoms with Crippen molar-refractivity contribution < 1.29 is 14.3 Å². The topological polar surface area (TPSA) is 43.4 Å². The summed E-state index contributed by atoms with van der Waals surface area (Å²) in [6.45, 7) is 4.22. The first-order valence-corrected chi connectivity index (χ1v) is 7.43. The van der Waals surface area contributed by atoms with Gasteiger partial charge >= 0.3 is 0 Å². The Morgan fingerprint density at radius 2 is 1.55 bits per heavy atom. The second-order valence-corrected chi connectivity index (χ2v) is 5.98. The van der Waals surface area contributed by atoms with Crippen molar-refractivity contribution in [3.63, 3.8) is 0 Å². The third-order valence-electron chi connectivity index (χ3n) is 3.96. The van der Waals surface area contributed by atoms with Crippen molar-refractivity contribution in [2.24, 2.45) is 5.92 Å². The number of methoxy groups -OCH3 is 1. The molecule has 0 heterocycles. The molecule has 1 aliphatic rings. The highest BCUT2D eigenvalue weighted by Gasteiger charge is 2.33. The van der Waals surface area contributed by atoms with Gasteiger partial charge in [-0.2, -0.15) is 0 Å². The molecule has 2 aromatic rings. The van der Waals surface area contributed by atoms with E-state index < -0.39 is 0 Å². The van der Waals surface area contributed by atoms with Crippen LogP contribution in [0.2, 0.25) is 0 Å². The molecule has 0 unspecified atom stereocenters. The van der Waals surface area contributed by atoms with E-state index in [0.717, 1.165) is 12.0 Å². The van der Waals surface area contributed by atoms with Gasteiger partial charge in [0.1, 0.15) is 5.75 Å². The maximum absolute atomic E-state index is 12.8. The molecule has 0 aromatic heterocycles. The summed E-state index contributed by atoms with van der Waals surface area (Å²) in [4.78, 5) is 25.5. The quantitative estimate of drug-likeness (QED) is 0.740. The molecule has 0 N–H and O–H groups in total.